The van der Waals surface area contributed by atoms with E-state index in [4.69, 9.17) is 0 Å². The summed E-state index contributed by atoms with van der Waals surface area (Å²) in [5.41, 5.74) is 2.90. The number of guanidine groups is 1. The number of benzene rings is 1. The zero-order chi connectivity index (χ0) is 12.8. The summed E-state index contributed by atoms with van der Waals surface area (Å²) in [6, 6.07) is 5.89. The van der Waals surface area contributed by atoms with Gasteiger partial charge in [-0.3, -0.25) is 10.1 Å². The number of carbonyl (C=O) groups excluding carboxylic acids is 1. The number of aliphatic imine (C=N–C) groups is 1. The van der Waals surface area contributed by atoms with Gasteiger partial charge >= 0.3 is 0 Å². The highest BCUT2D eigenvalue weighted by Crippen LogP contribution is 2.28. The molecular weight excluding hydrogens is 244 g/mol. The number of amides is 1. The third-order valence-corrected chi connectivity index (χ3v) is 3.22. The van der Waals surface area contributed by atoms with Gasteiger partial charge in [0.1, 0.15) is 19.2 Å². The van der Waals surface area contributed by atoms with Crippen LogP contribution in [0.2, 0.25) is 0 Å². The molecule has 4 rings (SSSR count). The molecule has 7 heteroatoms. The standard InChI is InChI=1S/C12H10N6O/c19-11-5-17-4-8-3-9(18-7-13-6-14-18)1-2-10(8)15-12(17)16-11/h1-3,6-7H,4-5H2,(H,15,16,19). The van der Waals surface area contributed by atoms with Crippen LogP contribution in [0.3, 0.4) is 0 Å². The van der Waals surface area contributed by atoms with Crippen LogP contribution in [-0.2, 0) is 11.3 Å². The number of aromatic nitrogens is 3. The zero-order valence-electron chi connectivity index (χ0n) is 9.95. The van der Waals surface area contributed by atoms with Gasteiger partial charge in [0.25, 0.3) is 0 Å². The summed E-state index contributed by atoms with van der Waals surface area (Å²) < 4.78 is 1.70. The number of hydrogen-bond acceptors (Lipinski definition) is 5. The van der Waals surface area contributed by atoms with Gasteiger partial charge in [0.2, 0.25) is 11.9 Å². The summed E-state index contributed by atoms with van der Waals surface area (Å²) in [7, 11) is 0. The molecule has 1 aromatic heterocycles. The molecule has 7 nitrogen and oxygen atoms in total. The van der Waals surface area contributed by atoms with Crippen LogP contribution in [-0.4, -0.2) is 38.1 Å². The van der Waals surface area contributed by atoms with Gasteiger partial charge in [-0.2, -0.15) is 5.10 Å². The van der Waals surface area contributed by atoms with Crippen molar-refractivity contribution >= 4 is 17.6 Å². The molecule has 1 amide bonds. The fourth-order valence-corrected chi connectivity index (χ4v) is 2.33. The van der Waals surface area contributed by atoms with Crippen LogP contribution in [0.5, 0.6) is 0 Å². The summed E-state index contributed by atoms with van der Waals surface area (Å²) in [5, 5.41) is 6.85. The Morgan fingerprint density at radius 3 is 3.05 bits per heavy atom. The molecular formula is C12H10N6O. The first-order valence-corrected chi connectivity index (χ1v) is 5.91. The van der Waals surface area contributed by atoms with E-state index in [0.717, 1.165) is 16.9 Å². The molecule has 0 saturated carbocycles. The van der Waals surface area contributed by atoms with E-state index >= 15 is 0 Å². The molecule has 0 bridgehead atoms. The lowest BCUT2D eigenvalue weighted by molar-refractivity contribution is -0.118. The second kappa shape index (κ2) is 3.64. The SMILES string of the molecule is O=C1CN2Cc3cc(-n4cncn4)ccc3N=C2N1. The molecule has 1 fully saturated rings. The maximum atomic E-state index is 11.4. The minimum Gasteiger partial charge on any atom is -0.329 e. The maximum Gasteiger partial charge on any atom is 0.246 e. The van der Waals surface area contributed by atoms with Crippen LogP contribution < -0.4 is 5.32 Å². The first-order valence-electron chi connectivity index (χ1n) is 5.91. The van der Waals surface area contributed by atoms with Crippen LogP contribution in [0.15, 0.2) is 35.8 Å². The van der Waals surface area contributed by atoms with Crippen molar-refractivity contribution in [1.29, 1.82) is 0 Å². The van der Waals surface area contributed by atoms with Gasteiger partial charge < -0.3 is 4.90 Å². The monoisotopic (exact) mass is 254 g/mol. The minimum atomic E-state index is -0.0111. The van der Waals surface area contributed by atoms with Crippen LogP contribution in [0.4, 0.5) is 5.69 Å². The molecule has 0 radical (unpaired) electrons. The fraction of sp³-hybridized carbons (Fsp3) is 0.167. The van der Waals surface area contributed by atoms with Gasteiger partial charge in [0, 0.05) is 6.54 Å². The maximum absolute atomic E-state index is 11.4. The van der Waals surface area contributed by atoms with Crippen molar-refractivity contribution in [1.82, 2.24) is 25.0 Å². The third-order valence-electron chi connectivity index (χ3n) is 3.22. The first-order chi connectivity index (χ1) is 9.29. The highest BCUT2D eigenvalue weighted by atomic mass is 16.2. The van der Waals surface area contributed by atoms with Gasteiger partial charge in [-0.25, -0.2) is 14.7 Å². The summed E-state index contributed by atoms with van der Waals surface area (Å²) in [6.07, 6.45) is 3.15. The molecule has 2 aromatic rings. The number of fused-ring (bicyclic) bond motifs is 2. The minimum absolute atomic E-state index is 0.0111. The molecule has 0 unspecified atom stereocenters. The van der Waals surface area contributed by atoms with Gasteiger partial charge in [0.05, 0.1) is 11.4 Å². The van der Waals surface area contributed by atoms with Gasteiger partial charge in [0.15, 0.2) is 0 Å². The van der Waals surface area contributed by atoms with Crippen molar-refractivity contribution in [3.8, 4) is 5.69 Å². The second-order valence-corrected chi connectivity index (χ2v) is 4.49. The number of rotatable bonds is 1. The topological polar surface area (TPSA) is 75.4 Å². The van der Waals surface area contributed by atoms with Crippen molar-refractivity contribution in [2.45, 2.75) is 6.54 Å². The third kappa shape index (κ3) is 1.59. The molecule has 2 aliphatic heterocycles. The van der Waals surface area contributed by atoms with Crippen LogP contribution in [0.1, 0.15) is 5.56 Å². The van der Waals surface area contributed by atoms with Crippen molar-refractivity contribution < 1.29 is 4.79 Å². The average Bonchev–Trinajstić information content (AvgIpc) is 3.03. The second-order valence-electron chi connectivity index (χ2n) is 4.49. The Morgan fingerprint density at radius 2 is 2.21 bits per heavy atom. The molecule has 0 atom stereocenters. The molecule has 1 N–H and O–H groups in total. The first kappa shape index (κ1) is 10.2. The Balaban J connectivity index is 1.76. The molecule has 3 heterocycles. The smallest absolute Gasteiger partial charge is 0.246 e. The number of hydrogen-bond donors (Lipinski definition) is 1. The van der Waals surface area contributed by atoms with Crippen molar-refractivity contribution in [3.05, 3.63) is 36.4 Å². The Kier molecular flexibility index (Phi) is 1.96. The van der Waals surface area contributed by atoms with Gasteiger partial charge in [-0.15, -0.1) is 0 Å². The Hall–Kier alpha value is -2.70. The highest BCUT2D eigenvalue weighted by Gasteiger charge is 2.29. The van der Waals surface area contributed by atoms with Crippen molar-refractivity contribution in [2.24, 2.45) is 4.99 Å². The molecule has 94 valence electrons. The summed E-state index contributed by atoms with van der Waals surface area (Å²) in [6.45, 7) is 1.04. The lowest BCUT2D eigenvalue weighted by atomic mass is 10.1. The molecule has 0 aliphatic carbocycles. The Morgan fingerprint density at radius 1 is 1.26 bits per heavy atom. The van der Waals surface area contributed by atoms with Gasteiger partial charge in [-0.1, -0.05) is 0 Å². The van der Waals surface area contributed by atoms with Crippen LogP contribution in [0, 0.1) is 0 Å². The van der Waals surface area contributed by atoms with E-state index in [1.54, 1.807) is 11.0 Å². The predicted molar refractivity (Wildman–Crippen MR) is 67.0 cm³/mol. The lowest BCUT2D eigenvalue weighted by Crippen LogP contribution is -2.32. The Labute approximate surface area is 108 Å². The Bertz CT molecular complexity index is 690. The van der Waals surface area contributed by atoms with Crippen molar-refractivity contribution in [2.75, 3.05) is 6.54 Å². The number of nitrogens with zero attached hydrogens (tertiary/aromatic N) is 5. The molecule has 1 saturated heterocycles. The normalized spacial score (nSPS) is 16.7. The predicted octanol–water partition coefficient (Wildman–Crippen LogP) is 0.200. The van der Waals surface area contributed by atoms with E-state index in [2.05, 4.69) is 20.4 Å². The van der Waals surface area contributed by atoms with Gasteiger partial charge in [-0.05, 0) is 23.8 Å². The molecule has 19 heavy (non-hydrogen) atoms. The summed E-state index contributed by atoms with van der Waals surface area (Å²) >= 11 is 0. The van der Waals surface area contributed by atoms with E-state index in [1.807, 2.05) is 23.1 Å². The van der Waals surface area contributed by atoms with E-state index in [9.17, 15) is 4.79 Å². The number of carbonyl (C=O) groups is 1. The van der Waals surface area contributed by atoms with E-state index in [0.29, 0.717) is 19.0 Å². The van der Waals surface area contributed by atoms with Crippen molar-refractivity contribution in [3.63, 3.8) is 0 Å². The number of nitrogens with one attached hydrogen (secondary N) is 1. The quantitative estimate of drug-likeness (QED) is 0.788. The van der Waals surface area contributed by atoms with Crippen LogP contribution in [0.25, 0.3) is 5.69 Å². The molecule has 1 aromatic carbocycles. The zero-order valence-corrected chi connectivity index (χ0v) is 9.95. The lowest BCUT2D eigenvalue weighted by Gasteiger charge is -2.23. The highest BCUT2D eigenvalue weighted by molar-refractivity contribution is 6.05. The van der Waals surface area contributed by atoms with Crippen LogP contribution >= 0.6 is 0 Å². The fourth-order valence-electron chi connectivity index (χ4n) is 2.33. The molecule has 0 spiro atoms. The summed E-state index contributed by atoms with van der Waals surface area (Å²) in [5.74, 6) is 0.633. The van der Waals surface area contributed by atoms with E-state index in [1.165, 1.54) is 6.33 Å². The molecule has 2 aliphatic rings. The van der Waals surface area contributed by atoms with E-state index < -0.39 is 0 Å². The van der Waals surface area contributed by atoms with E-state index in [-0.39, 0.29) is 5.91 Å². The summed E-state index contributed by atoms with van der Waals surface area (Å²) in [4.78, 5) is 21.7. The largest absolute Gasteiger partial charge is 0.329 e. The average molecular weight is 254 g/mol.